The van der Waals surface area contributed by atoms with E-state index < -0.39 is 0 Å². The number of pyridine rings is 1. The molecule has 17 heavy (non-hydrogen) atoms. The van der Waals surface area contributed by atoms with Gasteiger partial charge in [0, 0.05) is 22.7 Å². The van der Waals surface area contributed by atoms with E-state index in [0.29, 0.717) is 0 Å². The summed E-state index contributed by atoms with van der Waals surface area (Å²) < 4.78 is 12.8. The largest absolute Gasteiger partial charge is 0.324 e. The first-order valence-electron chi connectivity index (χ1n) is 5.31. The zero-order valence-corrected chi connectivity index (χ0v) is 10.2. The van der Waals surface area contributed by atoms with Crippen LogP contribution in [-0.2, 0) is 0 Å². The van der Waals surface area contributed by atoms with Crippen LogP contribution in [0, 0.1) is 5.82 Å². The first-order valence-corrected chi connectivity index (χ1v) is 6.12. The third-order valence-corrected chi connectivity index (χ3v) is 3.36. The molecule has 0 aliphatic carbocycles. The van der Waals surface area contributed by atoms with Gasteiger partial charge in [-0.25, -0.2) is 9.37 Å². The van der Waals surface area contributed by atoms with Crippen molar-refractivity contribution >= 4 is 11.8 Å². The van der Waals surface area contributed by atoms with E-state index in [-0.39, 0.29) is 11.9 Å². The first kappa shape index (κ1) is 12.1. The molecule has 4 heteroatoms. The summed E-state index contributed by atoms with van der Waals surface area (Å²) in [6.45, 7) is 1.92. The van der Waals surface area contributed by atoms with Crippen molar-refractivity contribution in [2.45, 2.75) is 22.9 Å². The lowest BCUT2D eigenvalue weighted by atomic mass is 10.2. The molecule has 1 heterocycles. The second-order valence-electron chi connectivity index (χ2n) is 3.74. The summed E-state index contributed by atoms with van der Waals surface area (Å²) in [6.07, 6.45) is 1.73. The van der Waals surface area contributed by atoms with E-state index in [2.05, 4.69) is 4.98 Å². The van der Waals surface area contributed by atoms with Crippen molar-refractivity contribution in [1.82, 2.24) is 4.98 Å². The number of rotatable bonds is 3. The van der Waals surface area contributed by atoms with Crippen LogP contribution in [0.1, 0.15) is 18.5 Å². The Kier molecular flexibility index (Phi) is 3.76. The molecule has 88 valence electrons. The van der Waals surface area contributed by atoms with E-state index in [0.717, 1.165) is 15.5 Å². The van der Waals surface area contributed by atoms with Gasteiger partial charge in [-0.15, -0.1) is 0 Å². The zero-order chi connectivity index (χ0) is 12.3. The topological polar surface area (TPSA) is 38.9 Å². The van der Waals surface area contributed by atoms with E-state index >= 15 is 0 Å². The highest BCUT2D eigenvalue weighted by Crippen LogP contribution is 2.30. The molecule has 0 aliphatic heterocycles. The average molecular weight is 248 g/mol. The van der Waals surface area contributed by atoms with E-state index in [1.165, 1.54) is 23.9 Å². The van der Waals surface area contributed by atoms with Gasteiger partial charge in [0.25, 0.3) is 0 Å². The lowest BCUT2D eigenvalue weighted by Crippen LogP contribution is -2.07. The highest BCUT2D eigenvalue weighted by Gasteiger charge is 2.08. The van der Waals surface area contributed by atoms with Crippen molar-refractivity contribution in [3.8, 4) is 0 Å². The molecule has 1 atom stereocenters. The lowest BCUT2D eigenvalue weighted by molar-refractivity contribution is 0.626. The number of halogens is 1. The SMILES string of the molecule is CC(N)c1cccnc1Sc1ccc(F)cc1. The predicted molar refractivity (Wildman–Crippen MR) is 67.4 cm³/mol. The van der Waals surface area contributed by atoms with Crippen LogP contribution >= 0.6 is 11.8 Å². The van der Waals surface area contributed by atoms with Crippen molar-refractivity contribution < 1.29 is 4.39 Å². The van der Waals surface area contributed by atoms with Crippen LogP contribution in [0.4, 0.5) is 4.39 Å². The van der Waals surface area contributed by atoms with Gasteiger partial charge in [0.2, 0.25) is 0 Å². The molecule has 2 aromatic rings. The van der Waals surface area contributed by atoms with Gasteiger partial charge >= 0.3 is 0 Å². The maximum atomic E-state index is 12.8. The quantitative estimate of drug-likeness (QED) is 0.905. The van der Waals surface area contributed by atoms with Crippen molar-refractivity contribution in [3.63, 3.8) is 0 Å². The fourth-order valence-corrected chi connectivity index (χ4v) is 2.43. The smallest absolute Gasteiger partial charge is 0.123 e. The molecule has 0 saturated heterocycles. The predicted octanol–water partition coefficient (Wildman–Crippen LogP) is 3.39. The monoisotopic (exact) mass is 248 g/mol. The third-order valence-electron chi connectivity index (χ3n) is 2.32. The molecule has 0 aliphatic rings. The van der Waals surface area contributed by atoms with Crippen LogP contribution in [0.3, 0.4) is 0 Å². The molecule has 0 radical (unpaired) electrons. The van der Waals surface area contributed by atoms with Gasteiger partial charge in [0.15, 0.2) is 0 Å². The summed E-state index contributed by atoms with van der Waals surface area (Å²) in [5.74, 6) is -0.234. The summed E-state index contributed by atoms with van der Waals surface area (Å²) in [6, 6.07) is 10.1. The minimum Gasteiger partial charge on any atom is -0.324 e. The van der Waals surface area contributed by atoms with Crippen LogP contribution in [-0.4, -0.2) is 4.98 Å². The number of aromatic nitrogens is 1. The highest BCUT2D eigenvalue weighted by molar-refractivity contribution is 7.99. The molecule has 1 unspecified atom stereocenters. The maximum absolute atomic E-state index is 12.8. The molecule has 0 amide bonds. The van der Waals surface area contributed by atoms with E-state index in [1.807, 2.05) is 19.1 Å². The van der Waals surface area contributed by atoms with Gasteiger partial charge < -0.3 is 5.73 Å². The highest BCUT2D eigenvalue weighted by atomic mass is 32.2. The van der Waals surface area contributed by atoms with Gasteiger partial charge in [-0.05, 0) is 37.3 Å². The summed E-state index contributed by atoms with van der Waals surface area (Å²) in [5, 5.41) is 0.870. The summed E-state index contributed by atoms with van der Waals surface area (Å²) in [5.41, 5.74) is 6.88. The average Bonchev–Trinajstić information content (AvgIpc) is 2.32. The zero-order valence-electron chi connectivity index (χ0n) is 9.43. The molecule has 2 N–H and O–H groups in total. The Morgan fingerprint density at radius 2 is 1.94 bits per heavy atom. The Labute approximate surface area is 104 Å². The summed E-state index contributed by atoms with van der Waals surface area (Å²) in [4.78, 5) is 5.26. The number of benzene rings is 1. The van der Waals surface area contributed by atoms with Crippen LogP contribution in [0.5, 0.6) is 0 Å². The fraction of sp³-hybridized carbons (Fsp3) is 0.154. The molecular formula is C13H13FN2S. The van der Waals surface area contributed by atoms with Crippen molar-refractivity contribution in [3.05, 3.63) is 54.0 Å². The molecule has 2 nitrogen and oxygen atoms in total. The van der Waals surface area contributed by atoms with Gasteiger partial charge in [-0.2, -0.15) is 0 Å². The molecule has 1 aromatic heterocycles. The van der Waals surface area contributed by atoms with Crippen LogP contribution in [0.2, 0.25) is 0 Å². The second kappa shape index (κ2) is 5.29. The third kappa shape index (κ3) is 3.05. The normalized spacial score (nSPS) is 12.4. The lowest BCUT2D eigenvalue weighted by Gasteiger charge is -2.10. The maximum Gasteiger partial charge on any atom is 0.123 e. The molecule has 0 spiro atoms. The van der Waals surface area contributed by atoms with Crippen molar-refractivity contribution in [2.24, 2.45) is 5.73 Å². The van der Waals surface area contributed by atoms with Crippen molar-refractivity contribution in [2.75, 3.05) is 0 Å². The second-order valence-corrected chi connectivity index (χ2v) is 4.80. The molecule has 0 fully saturated rings. The first-order chi connectivity index (χ1) is 8.16. The molecule has 0 saturated carbocycles. The Balaban J connectivity index is 2.26. The summed E-state index contributed by atoms with van der Waals surface area (Å²) >= 11 is 1.49. The van der Waals surface area contributed by atoms with Crippen LogP contribution in [0.15, 0.2) is 52.5 Å². The number of nitrogens with zero attached hydrogens (tertiary/aromatic N) is 1. The van der Waals surface area contributed by atoms with E-state index in [4.69, 9.17) is 5.73 Å². The summed E-state index contributed by atoms with van der Waals surface area (Å²) in [7, 11) is 0. The molecular weight excluding hydrogens is 235 g/mol. The molecule has 1 aromatic carbocycles. The van der Waals surface area contributed by atoms with E-state index in [1.54, 1.807) is 18.3 Å². The van der Waals surface area contributed by atoms with Gasteiger partial charge in [0.1, 0.15) is 10.8 Å². The van der Waals surface area contributed by atoms with E-state index in [9.17, 15) is 4.39 Å². The Hall–Kier alpha value is -1.39. The standard InChI is InChI=1S/C13H13FN2S/c1-9(15)12-3-2-8-16-13(12)17-11-6-4-10(14)5-7-11/h2-9H,15H2,1H3. The molecule has 0 bridgehead atoms. The van der Waals surface area contributed by atoms with Crippen LogP contribution in [0.25, 0.3) is 0 Å². The minimum atomic E-state index is -0.234. The Morgan fingerprint density at radius 1 is 1.24 bits per heavy atom. The van der Waals surface area contributed by atoms with Gasteiger partial charge in [0.05, 0.1) is 0 Å². The number of hydrogen-bond acceptors (Lipinski definition) is 3. The molecule has 2 rings (SSSR count). The van der Waals surface area contributed by atoms with Gasteiger partial charge in [-0.3, -0.25) is 0 Å². The Bertz CT molecular complexity index is 497. The number of hydrogen-bond donors (Lipinski definition) is 1. The fourth-order valence-electron chi connectivity index (χ4n) is 1.45. The minimum absolute atomic E-state index is 0.0633. The van der Waals surface area contributed by atoms with Crippen molar-refractivity contribution in [1.29, 1.82) is 0 Å². The van der Waals surface area contributed by atoms with Crippen LogP contribution < -0.4 is 5.73 Å². The number of nitrogens with two attached hydrogens (primary N) is 1. The Morgan fingerprint density at radius 3 is 2.59 bits per heavy atom. The van der Waals surface area contributed by atoms with Gasteiger partial charge in [-0.1, -0.05) is 17.8 Å².